The number of hydrogen-bond donors (Lipinski definition) is 0. The van der Waals surface area contributed by atoms with Crippen molar-refractivity contribution >= 4 is 5.78 Å². The zero-order valence-corrected chi connectivity index (χ0v) is 11.6. The van der Waals surface area contributed by atoms with E-state index in [9.17, 15) is 4.79 Å². The zero-order valence-electron chi connectivity index (χ0n) is 11.6. The number of carbonyl (C=O) groups is 1. The van der Waals surface area contributed by atoms with Crippen molar-refractivity contribution < 1.29 is 9.53 Å². The van der Waals surface area contributed by atoms with Crippen LogP contribution in [0.3, 0.4) is 0 Å². The fraction of sp³-hybridized carbons (Fsp3) is 0.235. The summed E-state index contributed by atoms with van der Waals surface area (Å²) in [7, 11) is 1.66. The molecule has 0 spiro atoms. The number of Topliss-reactive ketones (excluding diaryl/α,β-unsaturated/α-hetero) is 1. The Labute approximate surface area is 114 Å². The van der Waals surface area contributed by atoms with Crippen LogP contribution in [0.5, 0.6) is 5.75 Å². The van der Waals surface area contributed by atoms with Gasteiger partial charge in [-0.2, -0.15) is 0 Å². The minimum absolute atomic E-state index is 0.130. The van der Waals surface area contributed by atoms with Crippen LogP contribution in [-0.4, -0.2) is 12.9 Å². The fourth-order valence-electron chi connectivity index (χ4n) is 2.12. The van der Waals surface area contributed by atoms with Crippen LogP contribution < -0.4 is 4.74 Å². The van der Waals surface area contributed by atoms with E-state index in [1.54, 1.807) is 7.11 Å². The molecule has 0 amide bonds. The smallest absolute Gasteiger partial charge is 0.167 e. The van der Waals surface area contributed by atoms with Crippen LogP contribution in [0.2, 0.25) is 0 Å². The first-order chi connectivity index (χ1) is 9.11. The van der Waals surface area contributed by atoms with Gasteiger partial charge in [0.25, 0.3) is 0 Å². The van der Waals surface area contributed by atoms with Gasteiger partial charge in [-0.05, 0) is 36.6 Å². The molecule has 2 nitrogen and oxygen atoms in total. The number of aryl methyl sites for hydroxylation is 1. The van der Waals surface area contributed by atoms with Gasteiger partial charge in [0.15, 0.2) is 5.78 Å². The van der Waals surface area contributed by atoms with Gasteiger partial charge in [-0.25, -0.2) is 0 Å². The van der Waals surface area contributed by atoms with Crippen LogP contribution in [0, 0.1) is 13.8 Å². The Morgan fingerprint density at radius 3 is 2.42 bits per heavy atom. The molecule has 0 bridgehead atoms. The maximum Gasteiger partial charge on any atom is 0.167 e. The van der Waals surface area contributed by atoms with Crippen molar-refractivity contribution in [1.29, 1.82) is 0 Å². The summed E-state index contributed by atoms with van der Waals surface area (Å²) in [4.78, 5) is 12.2. The second kappa shape index (κ2) is 5.70. The highest BCUT2D eigenvalue weighted by Crippen LogP contribution is 2.24. The van der Waals surface area contributed by atoms with Crippen LogP contribution in [-0.2, 0) is 6.42 Å². The molecular weight excluding hydrogens is 236 g/mol. The highest BCUT2D eigenvalue weighted by atomic mass is 16.5. The number of ether oxygens (including phenoxy) is 1. The van der Waals surface area contributed by atoms with Gasteiger partial charge in [0, 0.05) is 12.0 Å². The molecule has 0 atom stereocenters. The third-order valence-electron chi connectivity index (χ3n) is 3.36. The highest BCUT2D eigenvalue weighted by Gasteiger charge is 2.10. The van der Waals surface area contributed by atoms with Gasteiger partial charge < -0.3 is 4.74 Å². The first-order valence-corrected chi connectivity index (χ1v) is 6.34. The predicted octanol–water partition coefficient (Wildman–Crippen LogP) is 3.74. The Hall–Kier alpha value is -2.09. The van der Waals surface area contributed by atoms with Crippen molar-refractivity contribution in [2.24, 2.45) is 0 Å². The zero-order chi connectivity index (χ0) is 13.8. The van der Waals surface area contributed by atoms with Crippen molar-refractivity contribution in [2.75, 3.05) is 7.11 Å². The Kier molecular flexibility index (Phi) is 4.00. The van der Waals surface area contributed by atoms with Gasteiger partial charge in [-0.3, -0.25) is 4.79 Å². The van der Waals surface area contributed by atoms with Crippen LogP contribution in [0.25, 0.3) is 0 Å². The number of ketones is 1. The molecule has 0 saturated heterocycles. The molecule has 19 heavy (non-hydrogen) atoms. The molecule has 0 unspecified atom stereocenters. The third kappa shape index (κ3) is 3.02. The summed E-state index contributed by atoms with van der Waals surface area (Å²) in [5, 5.41) is 0. The second-order valence-electron chi connectivity index (χ2n) is 4.71. The van der Waals surface area contributed by atoms with Crippen molar-refractivity contribution in [3.63, 3.8) is 0 Å². The minimum Gasteiger partial charge on any atom is -0.496 e. The van der Waals surface area contributed by atoms with E-state index in [0.29, 0.717) is 6.42 Å². The molecule has 2 heteroatoms. The minimum atomic E-state index is 0.130. The van der Waals surface area contributed by atoms with Crippen LogP contribution in [0.4, 0.5) is 0 Å². The molecule has 2 rings (SSSR count). The standard InChI is InChI=1S/C17H18O2/c1-12-9-14(11-17(19-3)13(12)2)10-16(18)15-7-5-4-6-8-15/h4-9,11H,10H2,1-3H3. The van der Waals surface area contributed by atoms with Crippen molar-refractivity contribution in [1.82, 2.24) is 0 Å². The molecule has 0 N–H and O–H groups in total. The normalized spacial score (nSPS) is 10.3. The van der Waals surface area contributed by atoms with E-state index in [2.05, 4.69) is 6.07 Å². The highest BCUT2D eigenvalue weighted by molar-refractivity contribution is 5.97. The maximum absolute atomic E-state index is 12.2. The van der Waals surface area contributed by atoms with E-state index >= 15 is 0 Å². The average molecular weight is 254 g/mol. The summed E-state index contributed by atoms with van der Waals surface area (Å²) in [5.74, 6) is 0.974. The summed E-state index contributed by atoms with van der Waals surface area (Å²) >= 11 is 0. The van der Waals surface area contributed by atoms with E-state index in [1.807, 2.05) is 50.2 Å². The van der Waals surface area contributed by atoms with Crippen LogP contribution in [0.1, 0.15) is 27.0 Å². The van der Waals surface area contributed by atoms with Gasteiger partial charge in [0.1, 0.15) is 5.75 Å². The topological polar surface area (TPSA) is 26.3 Å². The summed E-state index contributed by atoms with van der Waals surface area (Å²) in [6.07, 6.45) is 0.404. The van der Waals surface area contributed by atoms with Crippen LogP contribution >= 0.6 is 0 Å². The Morgan fingerprint density at radius 1 is 1.11 bits per heavy atom. The van der Waals surface area contributed by atoms with Crippen molar-refractivity contribution in [3.05, 3.63) is 64.7 Å². The molecule has 0 aromatic heterocycles. The number of methoxy groups -OCH3 is 1. The van der Waals surface area contributed by atoms with Gasteiger partial charge in [0.05, 0.1) is 7.11 Å². The number of carbonyl (C=O) groups excluding carboxylic acids is 1. The third-order valence-corrected chi connectivity index (χ3v) is 3.36. The molecule has 0 heterocycles. The second-order valence-corrected chi connectivity index (χ2v) is 4.71. The average Bonchev–Trinajstić information content (AvgIpc) is 2.43. The predicted molar refractivity (Wildman–Crippen MR) is 76.9 cm³/mol. The molecular formula is C17H18O2. The van der Waals surface area contributed by atoms with E-state index in [-0.39, 0.29) is 5.78 Å². The lowest BCUT2D eigenvalue weighted by Gasteiger charge is -2.10. The Balaban J connectivity index is 2.25. The van der Waals surface area contributed by atoms with Gasteiger partial charge >= 0.3 is 0 Å². The molecule has 0 aliphatic carbocycles. The summed E-state index contributed by atoms with van der Waals surface area (Å²) in [6.45, 7) is 4.06. The molecule has 98 valence electrons. The number of benzene rings is 2. The molecule has 2 aromatic rings. The van der Waals surface area contributed by atoms with Crippen molar-refractivity contribution in [2.45, 2.75) is 20.3 Å². The van der Waals surface area contributed by atoms with E-state index < -0.39 is 0 Å². The summed E-state index contributed by atoms with van der Waals surface area (Å²) < 4.78 is 5.34. The van der Waals surface area contributed by atoms with Gasteiger partial charge in [-0.1, -0.05) is 36.4 Å². The molecule has 2 aromatic carbocycles. The first kappa shape index (κ1) is 13.3. The molecule has 0 aliphatic rings. The molecule has 0 fully saturated rings. The van der Waals surface area contributed by atoms with E-state index in [1.165, 1.54) is 0 Å². The summed E-state index contributed by atoms with van der Waals surface area (Å²) in [6, 6.07) is 13.4. The van der Waals surface area contributed by atoms with Crippen LogP contribution in [0.15, 0.2) is 42.5 Å². The Bertz CT molecular complexity index is 586. The lowest BCUT2D eigenvalue weighted by molar-refractivity contribution is 0.0993. The maximum atomic E-state index is 12.2. The largest absolute Gasteiger partial charge is 0.496 e. The Morgan fingerprint density at radius 2 is 1.79 bits per heavy atom. The van der Waals surface area contributed by atoms with Gasteiger partial charge in [-0.15, -0.1) is 0 Å². The lowest BCUT2D eigenvalue weighted by Crippen LogP contribution is -2.04. The molecule has 0 aliphatic heterocycles. The van der Waals surface area contributed by atoms with Crippen molar-refractivity contribution in [3.8, 4) is 5.75 Å². The molecule has 0 radical (unpaired) electrons. The molecule has 0 saturated carbocycles. The first-order valence-electron chi connectivity index (χ1n) is 6.34. The van der Waals surface area contributed by atoms with E-state index in [4.69, 9.17) is 4.74 Å². The fourth-order valence-corrected chi connectivity index (χ4v) is 2.12. The SMILES string of the molecule is COc1cc(CC(=O)c2ccccc2)cc(C)c1C. The lowest BCUT2D eigenvalue weighted by atomic mass is 9.99. The number of hydrogen-bond acceptors (Lipinski definition) is 2. The quantitative estimate of drug-likeness (QED) is 0.777. The van der Waals surface area contributed by atoms with Gasteiger partial charge in [0.2, 0.25) is 0 Å². The monoisotopic (exact) mass is 254 g/mol. The van der Waals surface area contributed by atoms with E-state index in [0.717, 1.165) is 28.0 Å². The number of rotatable bonds is 4. The summed E-state index contributed by atoms with van der Waals surface area (Å²) in [5.41, 5.74) is 4.02.